The molecule has 55 heavy (non-hydrogen) atoms. The van der Waals surface area contributed by atoms with Gasteiger partial charge in [0.15, 0.2) is 0 Å². The molecule has 0 saturated carbocycles. The lowest BCUT2D eigenvalue weighted by Gasteiger charge is -2.12. The molecule has 0 aliphatic carbocycles. The molecule has 0 saturated heterocycles. The Morgan fingerprint density at radius 3 is 1.24 bits per heavy atom. The van der Waals surface area contributed by atoms with Gasteiger partial charge < -0.3 is 4.42 Å². The van der Waals surface area contributed by atoms with Crippen molar-refractivity contribution >= 4 is 21.9 Å². The molecule has 1 heteroatoms. The molecule has 9 aromatic rings. The van der Waals surface area contributed by atoms with Gasteiger partial charge in [0.2, 0.25) is 0 Å². The van der Waals surface area contributed by atoms with Crippen LogP contribution in [0.1, 0.15) is 24.5 Å². The molecule has 0 N–H and O–H groups in total. The van der Waals surface area contributed by atoms with Gasteiger partial charge in [0.05, 0.1) is 0 Å². The topological polar surface area (TPSA) is 13.1 Å². The van der Waals surface area contributed by atoms with Crippen LogP contribution in [0.3, 0.4) is 0 Å². The Labute approximate surface area is 323 Å². The summed E-state index contributed by atoms with van der Waals surface area (Å²) in [6, 6.07) is 66.1. The quantitative estimate of drug-likeness (QED) is 0.136. The summed E-state index contributed by atoms with van der Waals surface area (Å²) in [6.45, 7) is 4.39. The van der Waals surface area contributed by atoms with Gasteiger partial charge in [-0.25, -0.2) is 0 Å². The summed E-state index contributed by atoms with van der Waals surface area (Å²) in [4.78, 5) is 0. The fourth-order valence-electron chi connectivity index (χ4n) is 7.75. The Morgan fingerprint density at radius 1 is 0.364 bits per heavy atom. The molecule has 1 nitrogen and oxygen atoms in total. The van der Waals surface area contributed by atoms with Crippen molar-refractivity contribution < 1.29 is 4.42 Å². The van der Waals surface area contributed by atoms with Crippen molar-refractivity contribution in [3.05, 3.63) is 205 Å². The van der Waals surface area contributed by atoms with Gasteiger partial charge in [0.25, 0.3) is 0 Å². The lowest BCUT2D eigenvalue weighted by molar-refractivity contribution is 0.669. The summed E-state index contributed by atoms with van der Waals surface area (Å²) >= 11 is 0. The van der Waals surface area contributed by atoms with Crippen LogP contribution in [0.5, 0.6) is 0 Å². The SMILES string of the molecule is CC/C=C\Cc1cc(-c2cccc(-c3cccc(-c4cccc(-c5cccc(-c6cccc(-c7ccc8oc9ccccc9c8c7)c6)c5)c4)c3)c2)ccc1C. The van der Waals surface area contributed by atoms with Crippen LogP contribution in [0.2, 0.25) is 0 Å². The van der Waals surface area contributed by atoms with Gasteiger partial charge in [-0.15, -0.1) is 0 Å². The van der Waals surface area contributed by atoms with Crippen molar-refractivity contribution in [1.29, 1.82) is 0 Å². The summed E-state index contributed by atoms with van der Waals surface area (Å²) in [6.07, 6.45) is 6.56. The molecule has 0 spiro atoms. The maximum absolute atomic E-state index is 6.09. The van der Waals surface area contributed by atoms with E-state index in [0.29, 0.717) is 0 Å². The predicted octanol–water partition coefficient (Wildman–Crippen LogP) is 15.4. The first kappa shape index (κ1) is 34.1. The molecule has 9 rings (SSSR count). The lowest BCUT2D eigenvalue weighted by atomic mass is 9.93. The normalized spacial score (nSPS) is 11.5. The molecule has 0 atom stereocenters. The van der Waals surface area contributed by atoms with E-state index < -0.39 is 0 Å². The third-order valence-electron chi connectivity index (χ3n) is 10.8. The second-order valence-corrected chi connectivity index (χ2v) is 14.4. The third-order valence-corrected chi connectivity index (χ3v) is 10.8. The highest BCUT2D eigenvalue weighted by molar-refractivity contribution is 6.06. The molecule has 0 aliphatic rings. The summed E-state index contributed by atoms with van der Waals surface area (Å²) in [5.41, 5.74) is 19.0. The molecular formula is C54H42O. The van der Waals surface area contributed by atoms with Crippen molar-refractivity contribution in [3.8, 4) is 66.8 Å². The number of benzene rings is 8. The second-order valence-electron chi connectivity index (χ2n) is 14.4. The molecule has 0 bridgehead atoms. The number of fused-ring (bicyclic) bond motifs is 3. The van der Waals surface area contributed by atoms with E-state index in [9.17, 15) is 0 Å². The van der Waals surface area contributed by atoms with E-state index in [1.165, 1.54) is 77.9 Å². The smallest absolute Gasteiger partial charge is 0.135 e. The zero-order chi connectivity index (χ0) is 37.1. The standard InChI is InChI=1S/C54H42O/c1-3-4-5-13-38-30-49(27-26-37(38)2)47-22-11-20-45(34-47)43-18-9-16-41(32-43)39-14-8-15-40(31-39)42-17-10-19-44(33-42)46-21-12-23-48(35-46)50-28-29-54-52(36-50)51-24-6-7-25-53(51)55-54/h4-12,14-36H,3,13H2,1-2H3/b5-4-. The van der Waals surface area contributed by atoms with Crippen LogP contribution >= 0.6 is 0 Å². The van der Waals surface area contributed by atoms with Crippen molar-refractivity contribution in [2.45, 2.75) is 26.7 Å². The molecule has 264 valence electrons. The number of rotatable bonds is 9. The average Bonchev–Trinajstić information content (AvgIpc) is 3.63. The molecule has 1 heterocycles. The van der Waals surface area contributed by atoms with E-state index in [4.69, 9.17) is 4.42 Å². The highest BCUT2D eigenvalue weighted by Gasteiger charge is 2.11. The van der Waals surface area contributed by atoms with E-state index in [-0.39, 0.29) is 0 Å². The molecule has 1 aromatic heterocycles. The first-order valence-corrected chi connectivity index (χ1v) is 19.3. The van der Waals surface area contributed by atoms with Crippen molar-refractivity contribution in [3.63, 3.8) is 0 Å². The fourth-order valence-corrected chi connectivity index (χ4v) is 7.75. The highest BCUT2D eigenvalue weighted by atomic mass is 16.3. The second kappa shape index (κ2) is 15.0. The van der Waals surface area contributed by atoms with Crippen LogP contribution in [0.25, 0.3) is 88.7 Å². The van der Waals surface area contributed by atoms with Crippen molar-refractivity contribution in [2.24, 2.45) is 0 Å². The van der Waals surface area contributed by atoms with Gasteiger partial charge in [-0.3, -0.25) is 0 Å². The molecule has 0 amide bonds. The number of aryl methyl sites for hydroxylation is 1. The fraction of sp³-hybridized carbons (Fsp3) is 0.0741. The largest absolute Gasteiger partial charge is 0.456 e. The van der Waals surface area contributed by atoms with E-state index in [0.717, 1.165) is 34.8 Å². The molecular weight excluding hydrogens is 665 g/mol. The van der Waals surface area contributed by atoms with E-state index in [1.807, 2.05) is 12.1 Å². The highest BCUT2D eigenvalue weighted by Crippen LogP contribution is 2.36. The Hall–Kier alpha value is -6.70. The van der Waals surface area contributed by atoms with Gasteiger partial charge >= 0.3 is 0 Å². The minimum Gasteiger partial charge on any atom is -0.456 e. The van der Waals surface area contributed by atoms with E-state index in [2.05, 4.69) is 196 Å². The maximum Gasteiger partial charge on any atom is 0.135 e. The summed E-state index contributed by atoms with van der Waals surface area (Å²) < 4.78 is 6.09. The minimum absolute atomic E-state index is 0.916. The number of furan rings is 1. The Bertz CT molecular complexity index is 2850. The van der Waals surface area contributed by atoms with Gasteiger partial charge in [-0.05, 0) is 146 Å². The monoisotopic (exact) mass is 706 g/mol. The van der Waals surface area contributed by atoms with Crippen LogP contribution in [-0.2, 0) is 6.42 Å². The number of para-hydroxylation sites is 1. The van der Waals surface area contributed by atoms with Gasteiger partial charge in [0, 0.05) is 10.8 Å². The van der Waals surface area contributed by atoms with Crippen molar-refractivity contribution in [2.75, 3.05) is 0 Å². The Morgan fingerprint density at radius 2 is 0.764 bits per heavy atom. The Kier molecular flexibility index (Phi) is 9.28. The van der Waals surface area contributed by atoms with Crippen LogP contribution in [0.15, 0.2) is 199 Å². The zero-order valence-electron chi connectivity index (χ0n) is 31.3. The lowest BCUT2D eigenvalue weighted by Crippen LogP contribution is -1.89. The summed E-state index contributed by atoms with van der Waals surface area (Å²) in [5.74, 6) is 0. The van der Waals surface area contributed by atoms with Crippen LogP contribution in [-0.4, -0.2) is 0 Å². The van der Waals surface area contributed by atoms with E-state index in [1.54, 1.807) is 0 Å². The van der Waals surface area contributed by atoms with Crippen LogP contribution < -0.4 is 0 Å². The number of hydrogen-bond donors (Lipinski definition) is 0. The van der Waals surface area contributed by atoms with Crippen LogP contribution in [0.4, 0.5) is 0 Å². The molecule has 0 fully saturated rings. The molecule has 0 aliphatic heterocycles. The van der Waals surface area contributed by atoms with Crippen LogP contribution in [0, 0.1) is 6.92 Å². The molecule has 0 radical (unpaired) electrons. The number of hydrogen-bond acceptors (Lipinski definition) is 1. The number of allylic oxidation sites excluding steroid dienone is 2. The van der Waals surface area contributed by atoms with Gasteiger partial charge in [-0.2, -0.15) is 0 Å². The zero-order valence-corrected chi connectivity index (χ0v) is 31.3. The summed E-state index contributed by atoms with van der Waals surface area (Å²) in [7, 11) is 0. The third kappa shape index (κ3) is 7.05. The van der Waals surface area contributed by atoms with Gasteiger partial charge in [-0.1, -0.05) is 153 Å². The van der Waals surface area contributed by atoms with Crippen molar-refractivity contribution in [1.82, 2.24) is 0 Å². The van der Waals surface area contributed by atoms with Gasteiger partial charge in [0.1, 0.15) is 11.2 Å². The molecule has 8 aromatic carbocycles. The first-order valence-electron chi connectivity index (χ1n) is 19.3. The Balaban J connectivity index is 0.986. The summed E-state index contributed by atoms with van der Waals surface area (Å²) in [5, 5.41) is 2.29. The average molecular weight is 707 g/mol. The molecule has 0 unspecified atom stereocenters. The van der Waals surface area contributed by atoms with E-state index >= 15 is 0 Å². The predicted molar refractivity (Wildman–Crippen MR) is 234 cm³/mol. The maximum atomic E-state index is 6.09. The minimum atomic E-state index is 0.916. The first-order chi connectivity index (χ1) is 27.1.